The van der Waals surface area contributed by atoms with Crippen LogP contribution in [0.3, 0.4) is 0 Å². The SMILES string of the molecule is CC(C)C[C@H](CN)CC(=O)Nc1cccc([N+](=O)[O-])c1. The molecule has 0 bridgehead atoms. The van der Waals surface area contributed by atoms with Crippen molar-refractivity contribution in [3.8, 4) is 0 Å². The van der Waals surface area contributed by atoms with Crippen LogP contribution in [0, 0.1) is 22.0 Å². The van der Waals surface area contributed by atoms with E-state index in [-0.39, 0.29) is 17.5 Å². The van der Waals surface area contributed by atoms with Crippen LogP contribution in [0.5, 0.6) is 0 Å². The van der Waals surface area contributed by atoms with E-state index in [9.17, 15) is 14.9 Å². The first kappa shape index (κ1) is 16.1. The Bertz CT molecular complexity index is 474. The van der Waals surface area contributed by atoms with Gasteiger partial charge in [0.1, 0.15) is 0 Å². The molecule has 0 unspecified atom stereocenters. The van der Waals surface area contributed by atoms with Gasteiger partial charge in [0.2, 0.25) is 5.91 Å². The first-order valence-corrected chi connectivity index (χ1v) is 6.66. The van der Waals surface area contributed by atoms with Gasteiger partial charge in [-0.1, -0.05) is 19.9 Å². The quantitative estimate of drug-likeness (QED) is 0.592. The average Bonchev–Trinajstić information content (AvgIpc) is 2.37. The molecule has 0 aromatic heterocycles. The van der Waals surface area contributed by atoms with Gasteiger partial charge in [-0.15, -0.1) is 0 Å². The summed E-state index contributed by atoms with van der Waals surface area (Å²) in [7, 11) is 0. The summed E-state index contributed by atoms with van der Waals surface area (Å²) in [5.41, 5.74) is 6.05. The number of anilines is 1. The fraction of sp³-hybridized carbons (Fsp3) is 0.500. The van der Waals surface area contributed by atoms with Crippen molar-refractivity contribution in [1.29, 1.82) is 0 Å². The average molecular weight is 279 g/mol. The number of carbonyl (C=O) groups is 1. The molecule has 0 radical (unpaired) electrons. The number of benzene rings is 1. The van der Waals surface area contributed by atoms with Crippen LogP contribution in [-0.2, 0) is 4.79 Å². The maximum absolute atomic E-state index is 11.9. The number of nitro benzene ring substituents is 1. The second kappa shape index (κ2) is 7.59. The number of hydrogen-bond donors (Lipinski definition) is 2. The minimum Gasteiger partial charge on any atom is -0.330 e. The lowest BCUT2D eigenvalue weighted by Crippen LogP contribution is -2.23. The lowest BCUT2D eigenvalue weighted by molar-refractivity contribution is -0.384. The molecule has 1 aromatic rings. The molecule has 0 aliphatic heterocycles. The molecule has 1 atom stereocenters. The second-order valence-corrected chi connectivity index (χ2v) is 5.29. The van der Waals surface area contributed by atoms with Crippen molar-refractivity contribution >= 4 is 17.3 Å². The van der Waals surface area contributed by atoms with E-state index in [0.717, 1.165) is 6.42 Å². The molecule has 0 fully saturated rings. The van der Waals surface area contributed by atoms with Crippen LogP contribution < -0.4 is 11.1 Å². The molecule has 0 saturated heterocycles. The zero-order valence-corrected chi connectivity index (χ0v) is 11.8. The number of amides is 1. The number of hydrogen-bond acceptors (Lipinski definition) is 4. The number of non-ortho nitro benzene ring substituents is 1. The van der Waals surface area contributed by atoms with Crippen LogP contribution in [0.4, 0.5) is 11.4 Å². The van der Waals surface area contributed by atoms with Crippen molar-refractivity contribution in [2.45, 2.75) is 26.7 Å². The first-order chi connectivity index (χ1) is 9.42. The molecule has 1 amide bonds. The zero-order chi connectivity index (χ0) is 15.1. The van der Waals surface area contributed by atoms with Gasteiger partial charge in [-0.25, -0.2) is 0 Å². The third kappa shape index (κ3) is 5.36. The molecule has 20 heavy (non-hydrogen) atoms. The summed E-state index contributed by atoms with van der Waals surface area (Å²) in [6.07, 6.45) is 1.22. The van der Waals surface area contributed by atoms with Crippen molar-refractivity contribution in [2.75, 3.05) is 11.9 Å². The molecule has 0 spiro atoms. The van der Waals surface area contributed by atoms with Gasteiger partial charge < -0.3 is 11.1 Å². The Morgan fingerprint density at radius 3 is 2.70 bits per heavy atom. The summed E-state index contributed by atoms with van der Waals surface area (Å²) in [6, 6.07) is 5.90. The minimum absolute atomic E-state index is 0.0413. The first-order valence-electron chi connectivity index (χ1n) is 6.66. The fourth-order valence-corrected chi connectivity index (χ4v) is 2.10. The summed E-state index contributed by atoms with van der Waals surface area (Å²) >= 11 is 0. The Hall–Kier alpha value is -1.95. The van der Waals surface area contributed by atoms with Gasteiger partial charge >= 0.3 is 0 Å². The molecular weight excluding hydrogens is 258 g/mol. The molecular formula is C14H21N3O3. The predicted molar refractivity (Wildman–Crippen MR) is 78.3 cm³/mol. The zero-order valence-electron chi connectivity index (χ0n) is 11.8. The number of rotatable bonds is 7. The summed E-state index contributed by atoms with van der Waals surface area (Å²) in [6.45, 7) is 4.63. The van der Waals surface area contributed by atoms with Gasteiger partial charge in [0.25, 0.3) is 5.69 Å². The van der Waals surface area contributed by atoms with Crippen LogP contribution >= 0.6 is 0 Å². The standard InChI is InChI=1S/C14H21N3O3/c1-10(2)6-11(9-15)7-14(18)16-12-4-3-5-13(8-12)17(19)20/h3-5,8,10-11H,6-7,9,15H2,1-2H3,(H,16,18)/t11-/m0/s1. The summed E-state index contributed by atoms with van der Waals surface area (Å²) in [5.74, 6) is 0.449. The van der Waals surface area contributed by atoms with Crippen molar-refractivity contribution in [1.82, 2.24) is 0 Å². The van der Waals surface area contributed by atoms with E-state index in [1.807, 2.05) is 0 Å². The number of nitrogens with two attached hydrogens (primary N) is 1. The highest BCUT2D eigenvalue weighted by Crippen LogP contribution is 2.19. The van der Waals surface area contributed by atoms with E-state index in [0.29, 0.717) is 24.6 Å². The highest BCUT2D eigenvalue weighted by atomic mass is 16.6. The molecule has 6 nitrogen and oxygen atoms in total. The van der Waals surface area contributed by atoms with Crippen LogP contribution in [0.25, 0.3) is 0 Å². The number of carbonyl (C=O) groups excluding carboxylic acids is 1. The third-order valence-electron chi connectivity index (χ3n) is 2.95. The van der Waals surface area contributed by atoms with E-state index >= 15 is 0 Å². The van der Waals surface area contributed by atoms with Gasteiger partial charge in [0.15, 0.2) is 0 Å². The van der Waals surface area contributed by atoms with Gasteiger partial charge in [0, 0.05) is 24.2 Å². The maximum Gasteiger partial charge on any atom is 0.271 e. The molecule has 0 heterocycles. The van der Waals surface area contributed by atoms with Crippen molar-refractivity contribution < 1.29 is 9.72 Å². The van der Waals surface area contributed by atoms with Gasteiger partial charge in [-0.3, -0.25) is 14.9 Å². The summed E-state index contributed by atoms with van der Waals surface area (Å²) in [5, 5.41) is 13.3. The Labute approximate surface area is 118 Å². The van der Waals surface area contributed by atoms with Gasteiger partial charge in [-0.2, -0.15) is 0 Å². The molecule has 1 aromatic carbocycles. The minimum atomic E-state index is -0.489. The Morgan fingerprint density at radius 1 is 1.45 bits per heavy atom. The van der Waals surface area contributed by atoms with E-state index in [1.165, 1.54) is 12.1 Å². The summed E-state index contributed by atoms with van der Waals surface area (Å²) < 4.78 is 0. The monoisotopic (exact) mass is 279 g/mol. The summed E-state index contributed by atoms with van der Waals surface area (Å²) in [4.78, 5) is 22.1. The fourth-order valence-electron chi connectivity index (χ4n) is 2.10. The van der Waals surface area contributed by atoms with Gasteiger partial charge in [-0.05, 0) is 30.9 Å². The van der Waals surface area contributed by atoms with Crippen LogP contribution in [0.2, 0.25) is 0 Å². The van der Waals surface area contributed by atoms with Crippen molar-refractivity contribution in [3.63, 3.8) is 0 Å². The molecule has 0 saturated carbocycles. The van der Waals surface area contributed by atoms with E-state index in [4.69, 9.17) is 5.73 Å². The van der Waals surface area contributed by atoms with Crippen molar-refractivity contribution in [3.05, 3.63) is 34.4 Å². The van der Waals surface area contributed by atoms with Crippen LogP contribution in [0.15, 0.2) is 24.3 Å². The van der Waals surface area contributed by atoms with E-state index in [1.54, 1.807) is 12.1 Å². The number of nitrogens with zero attached hydrogens (tertiary/aromatic N) is 1. The Balaban J connectivity index is 2.61. The molecule has 6 heteroatoms. The second-order valence-electron chi connectivity index (χ2n) is 5.29. The molecule has 3 N–H and O–H groups in total. The van der Waals surface area contributed by atoms with Crippen LogP contribution in [0.1, 0.15) is 26.7 Å². The maximum atomic E-state index is 11.9. The lowest BCUT2D eigenvalue weighted by atomic mass is 9.94. The highest BCUT2D eigenvalue weighted by Gasteiger charge is 2.15. The molecule has 1 rings (SSSR count). The topological polar surface area (TPSA) is 98.3 Å². The lowest BCUT2D eigenvalue weighted by Gasteiger charge is -2.16. The van der Waals surface area contributed by atoms with Crippen LogP contribution in [-0.4, -0.2) is 17.4 Å². The Kier molecular flexibility index (Phi) is 6.11. The largest absolute Gasteiger partial charge is 0.330 e. The van der Waals surface area contributed by atoms with Gasteiger partial charge in [0.05, 0.1) is 4.92 Å². The third-order valence-corrected chi connectivity index (χ3v) is 2.95. The predicted octanol–water partition coefficient (Wildman–Crippen LogP) is 2.54. The van der Waals surface area contributed by atoms with Crippen molar-refractivity contribution in [2.24, 2.45) is 17.6 Å². The number of nitro groups is 1. The smallest absolute Gasteiger partial charge is 0.271 e. The molecule has 0 aliphatic carbocycles. The number of nitrogens with one attached hydrogen (secondary N) is 1. The Morgan fingerprint density at radius 2 is 2.15 bits per heavy atom. The molecule has 0 aliphatic rings. The van der Waals surface area contributed by atoms with E-state index < -0.39 is 4.92 Å². The normalized spacial score (nSPS) is 12.2. The van der Waals surface area contributed by atoms with E-state index in [2.05, 4.69) is 19.2 Å². The molecule has 110 valence electrons. The highest BCUT2D eigenvalue weighted by molar-refractivity contribution is 5.91.